The minimum absolute atomic E-state index is 0.155. The van der Waals surface area contributed by atoms with Crippen LogP contribution in [0.2, 0.25) is 0 Å². The van der Waals surface area contributed by atoms with E-state index in [-0.39, 0.29) is 11.6 Å². The highest BCUT2D eigenvalue weighted by Gasteiger charge is 2.72. The van der Waals surface area contributed by atoms with Crippen molar-refractivity contribution < 1.29 is 14.3 Å². The standard InChI is InChI=1S/C12H20O3/c1-3-4-9-14-10(13)11(2)12(15-11)7-5-6-8-12/h3-9H2,1-2H3. The number of unbranched alkanes of at least 4 members (excludes halogenated alkanes) is 1. The molecule has 0 aromatic rings. The molecular formula is C12H20O3. The fourth-order valence-corrected chi connectivity index (χ4v) is 2.57. The molecule has 0 aromatic heterocycles. The lowest BCUT2D eigenvalue weighted by Crippen LogP contribution is -2.31. The molecule has 3 nitrogen and oxygen atoms in total. The summed E-state index contributed by atoms with van der Waals surface area (Å²) in [4.78, 5) is 11.8. The van der Waals surface area contributed by atoms with E-state index in [0.717, 1.165) is 25.7 Å². The highest BCUT2D eigenvalue weighted by molar-refractivity contribution is 5.84. The number of ether oxygens (including phenoxy) is 2. The van der Waals surface area contributed by atoms with Crippen molar-refractivity contribution in [1.82, 2.24) is 0 Å². The third-order valence-electron chi connectivity index (χ3n) is 3.76. The van der Waals surface area contributed by atoms with Crippen molar-refractivity contribution in [2.75, 3.05) is 6.61 Å². The zero-order valence-electron chi connectivity index (χ0n) is 9.67. The second-order valence-corrected chi connectivity index (χ2v) is 4.83. The molecule has 1 unspecified atom stereocenters. The molecule has 1 saturated carbocycles. The number of rotatable bonds is 4. The third kappa shape index (κ3) is 1.67. The van der Waals surface area contributed by atoms with Gasteiger partial charge in [0.15, 0.2) is 5.60 Å². The fraction of sp³-hybridized carbons (Fsp3) is 0.917. The van der Waals surface area contributed by atoms with Crippen LogP contribution < -0.4 is 0 Å². The van der Waals surface area contributed by atoms with Crippen LogP contribution in [0.5, 0.6) is 0 Å². The highest BCUT2D eigenvalue weighted by Crippen LogP contribution is 2.58. The van der Waals surface area contributed by atoms with Gasteiger partial charge in [-0.1, -0.05) is 26.2 Å². The summed E-state index contributed by atoms with van der Waals surface area (Å²) in [6.45, 7) is 4.50. The quantitative estimate of drug-likeness (QED) is 0.408. The van der Waals surface area contributed by atoms with Crippen LogP contribution in [0.1, 0.15) is 52.4 Å². The van der Waals surface area contributed by atoms with Crippen LogP contribution in [-0.2, 0) is 14.3 Å². The molecule has 1 saturated heterocycles. The van der Waals surface area contributed by atoms with Crippen LogP contribution in [-0.4, -0.2) is 23.8 Å². The number of hydrogen-bond acceptors (Lipinski definition) is 3. The maximum atomic E-state index is 11.8. The number of carbonyl (C=O) groups excluding carboxylic acids is 1. The van der Waals surface area contributed by atoms with Crippen molar-refractivity contribution in [3.05, 3.63) is 0 Å². The number of esters is 1. The number of hydrogen-bond donors (Lipinski definition) is 0. The van der Waals surface area contributed by atoms with E-state index in [2.05, 4.69) is 6.92 Å². The summed E-state index contributed by atoms with van der Waals surface area (Å²) in [7, 11) is 0. The molecule has 0 radical (unpaired) electrons. The zero-order chi connectivity index (χ0) is 10.9. The Morgan fingerprint density at radius 3 is 2.67 bits per heavy atom. The molecule has 2 aliphatic rings. The van der Waals surface area contributed by atoms with E-state index in [9.17, 15) is 4.79 Å². The average Bonchev–Trinajstić information content (AvgIpc) is 2.61. The van der Waals surface area contributed by atoms with Gasteiger partial charge in [-0.3, -0.25) is 0 Å². The molecule has 3 heteroatoms. The molecule has 1 spiro atoms. The molecule has 0 bridgehead atoms. The lowest BCUT2D eigenvalue weighted by atomic mass is 9.93. The fourth-order valence-electron chi connectivity index (χ4n) is 2.57. The van der Waals surface area contributed by atoms with Gasteiger partial charge in [0.05, 0.1) is 6.61 Å². The second kappa shape index (κ2) is 3.78. The van der Waals surface area contributed by atoms with E-state index in [1.807, 2.05) is 6.92 Å². The van der Waals surface area contributed by atoms with Crippen molar-refractivity contribution in [3.63, 3.8) is 0 Å². The van der Waals surface area contributed by atoms with Gasteiger partial charge in [-0.25, -0.2) is 4.79 Å². The van der Waals surface area contributed by atoms with E-state index < -0.39 is 5.60 Å². The summed E-state index contributed by atoms with van der Waals surface area (Å²) in [5.74, 6) is -0.155. The lowest BCUT2D eigenvalue weighted by Gasteiger charge is -2.10. The largest absolute Gasteiger partial charge is 0.463 e. The Labute approximate surface area is 91.1 Å². The monoisotopic (exact) mass is 212 g/mol. The Balaban J connectivity index is 1.86. The minimum atomic E-state index is -0.628. The van der Waals surface area contributed by atoms with E-state index in [1.54, 1.807) is 0 Å². The van der Waals surface area contributed by atoms with Gasteiger partial charge in [-0.05, 0) is 26.2 Å². The Kier molecular flexibility index (Phi) is 2.75. The van der Waals surface area contributed by atoms with Crippen LogP contribution in [0.4, 0.5) is 0 Å². The molecule has 0 N–H and O–H groups in total. The van der Waals surface area contributed by atoms with Gasteiger partial charge in [-0.2, -0.15) is 0 Å². The minimum Gasteiger partial charge on any atom is -0.463 e. The van der Waals surface area contributed by atoms with E-state index in [1.165, 1.54) is 12.8 Å². The highest BCUT2D eigenvalue weighted by atomic mass is 16.7. The normalized spacial score (nSPS) is 31.9. The van der Waals surface area contributed by atoms with Crippen LogP contribution in [0.15, 0.2) is 0 Å². The molecule has 1 atom stereocenters. The predicted octanol–water partition coefficient (Wildman–Crippen LogP) is 2.43. The molecular weight excluding hydrogens is 192 g/mol. The maximum absolute atomic E-state index is 11.8. The molecule has 1 heterocycles. The van der Waals surface area contributed by atoms with E-state index in [0.29, 0.717) is 6.61 Å². The van der Waals surface area contributed by atoms with Gasteiger partial charge in [-0.15, -0.1) is 0 Å². The van der Waals surface area contributed by atoms with Crippen LogP contribution >= 0.6 is 0 Å². The molecule has 2 fully saturated rings. The SMILES string of the molecule is CCCCOC(=O)C1(C)OC12CCCC2. The molecule has 0 aromatic carbocycles. The smallest absolute Gasteiger partial charge is 0.341 e. The molecule has 15 heavy (non-hydrogen) atoms. The molecule has 1 aliphatic carbocycles. The summed E-state index contributed by atoms with van der Waals surface area (Å²) >= 11 is 0. The van der Waals surface area contributed by atoms with Crippen molar-refractivity contribution in [2.45, 2.75) is 63.6 Å². The molecule has 1 aliphatic heterocycles. The maximum Gasteiger partial charge on any atom is 0.341 e. The van der Waals surface area contributed by atoms with Crippen molar-refractivity contribution in [3.8, 4) is 0 Å². The Morgan fingerprint density at radius 2 is 2.07 bits per heavy atom. The van der Waals surface area contributed by atoms with E-state index >= 15 is 0 Å². The number of epoxide rings is 1. The molecule has 2 rings (SSSR count). The van der Waals surface area contributed by atoms with Gasteiger partial charge in [0.25, 0.3) is 0 Å². The summed E-state index contributed by atoms with van der Waals surface area (Å²) in [5.41, 5.74) is -0.784. The molecule has 86 valence electrons. The van der Waals surface area contributed by atoms with Crippen molar-refractivity contribution in [2.24, 2.45) is 0 Å². The second-order valence-electron chi connectivity index (χ2n) is 4.83. The topological polar surface area (TPSA) is 38.8 Å². The van der Waals surface area contributed by atoms with Gasteiger partial charge in [0.2, 0.25) is 0 Å². The average molecular weight is 212 g/mol. The Morgan fingerprint density at radius 1 is 1.40 bits per heavy atom. The third-order valence-corrected chi connectivity index (χ3v) is 3.76. The first-order valence-electron chi connectivity index (χ1n) is 6.02. The summed E-state index contributed by atoms with van der Waals surface area (Å²) < 4.78 is 10.9. The first kappa shape index (κ1) is 10.9. The summed E-state index contributed by atoms with van der Waals surface area (Å²) in [5, 5.41) is 0. The van der Waals surface area contributed by atoms with Gasteiger partial charge >= 0.3 is 5.97 Å². The van der Waals surface area contributed by atoms with Gasteiger partial charge < -0.3 is 9.47 Å². The Hall–Kier alpha value is -0.570. The van der Waals surface area contributed by atoms with Crippen molar-refractivity contribution >= 4 is 5.97 Å². The van der Waals surface area contributed by atoms with Crippen molar-refractivity contribution in [1.29, 1.82) is 0 Å². The Bertz CT molecular complexity index is 256. The lowest BCUT2D eigenvalue weighted by molar-refractivity contribution is -0.149. The first-order valence-corrected chi connectivity index (χ1v) is 6.02. The predicted molar refractivity (Wildman–Crippen MR) is 56.6 cm³/mol. The van der Waals surface area contributed by atoms with Crippen LogP contribution in [0.25, 0.3) is 0 Å². The van der Waals surface area contributed by atoms with Crippen LogP contribution in [0, 0.1) is 0 Å². The van der Waals surface area contributed by atoms with Crippen LogP contribution in [0.3, 0.4) is 0 Å². The first-order chi connectivity index (χ1) is 7.15. The van der Waals surface area contributed by atoms with Gasteiger partial charge in [0, 0.05) is 0 Å². The van der Waals surface area contributed by atoms with Gasteiger partial charge in [0.1, 0.15) is 5.60 Å². The molecule has 0 amide bonds. The van der Waals surface area contributed by atoms with E-state index in [4.69, 9.17) is 9.47 Å². The zero-order valence-corrected chi connectivity index (χ0v) is 9.67. The summed E-state index contributed by atoms with van der Waals surface area (Å²) in [6, 6.07) is 0. The number of carbonyl (C=O) groups is 1. The summed E-state index contributed by atoms with van der Waals surface area (Å²) in [6.07, 6.45) is 6.39.